The van der Waals surface area contributed by atoms with Gasteiger partial charge in [0.15, 0.2) is 0 Å². The standard InChI is InChI=1S/C16H17BrN2O/c1-10-6-7-12(8-11(10)2)15(16(18)20)19-14-5-3-4-13(17)9-14/h3-9,15,19H,1-2H3,(H2,18,20). The predicted octanol–water partition coefficient (Wildman–Crippen LogP) is 3.70. The third-order valence-electron chi connectivity index (χ3n) is 3.28. The van der Waals surface area contributed by atoms with Gasteiger partial charge in [0.05, 0.1) is 0 Å². The van der Waals surface area contributed by atoms with Crippen LogP contribution < -0.4 is 11.1 Å². The van der Waals surface area contributed by atoms with Crippen LogP contribution in [0.3, 0.4) is 0 Å². The van der Waals surface area contributed by atoms with Crippen molar-refractivity contribution in [3.05, 3.63) is 63.6 Å². The van der Waals surface area contributed by atoms with Gasteiger partial charge >= 0.3 is 0 Å². The predicted molar refractivity (Wildman–Crippen MR) is 85.6 cm³/mol. The van der Waals surface area contributed by atoms with Gasteiger partial charge in [-0.2, -0.15) is 0 Å². The number of nitrogens with two attached hydrogens (primary N) is 1. The van der Waals surface area contributed by atoms with E-state index >= 15 is 0 Å². The van der Waals surface area contributed by atoms with Gasteiger partial charge in [0.1, 0.15) is 6.04 Å². The zero-order valence-corrected chi connectivity index (χ0v) is 13.1. The number of halogens is 1. The molecule has 0 spiro atoms. The highest BCUT2D eigenvalue weighted by molar-refractivity contribution is 9.10. The summed E-state index contributed by atoms with van der Waals surface area (Å²) in [6.07, 6.45) is 0. The number of benzene rings is 2. The van der Waals surface area contributed by atoms with Crippen molar-refractivity contribution in [1.82, 2.24) is 0 Å². The maximum absolute atomic E-state index is 11.7. The molecule has 2 rings (SSSR count). The molecule has 20 heavy (non-hydrogen) atoms. The lowest BCUT2D eigenvalue weighted by Crippen LogP contribution is -2.27. The molecule has 3 N–H and O–H groups in total. The van der Waals surface area contributed by atoms with Gasteiger partial charge in [0, 0.05) is 10.2 Å². The summed E-state index contributed by atoms with van der Waals surface area (Å²) in [6.45, 7) is 4.07. The second-order valence-corrected chi connectivity index (χ2v) is 5.75. The van der Waals surface area contributed by atoms with Crippen molar-refractivity contribution >= 4 is 27.5 Å². The number of primary amides is 1. The topological polar surface area (TPSA) is 55.1 Å². The van der Waals surface area contributed by atoms with E-state index < -0.39 is 11.9 Å². The Balaban J connectivity index is 2.32. The summed E-state index contributed by atoms with van der Waals surface area (Å²) in [5.74, 6) is -0.395. The molecular formula is C16H17BrN2O. The molecule has 1 atom stereocenters. The van der Waals surface area contributed by atoms with Gasteiger partial charge in [0.2, 0.25) is 5.91 Å². The van der Waals surface area contributed by atoms with Gasteiger partial charge in [-0.05, 0) is 48.7 Å². The highest BCUT2D eigenvalue weighted by atomic mass is 79.9. The fraction of sp³-hybridized carbons (Fsp3) is 0.188. The Morgan fingerprint density at radius 3 is 2.50 bits per heavy atom. The first-order valence-electron chi connectivity index (χ1n) is 6.36. The maximum Gasteiger partial charge on any atom is 0.244 e. The van der Waals surface area contributed by atoms with Gasteiger partial charge in [-0.1, -0.05) is 40.2 Å². The highest BCUT2D eigenvalue weighted by Gasteiger charge is 2.18. The number of nitrogens with one attached hydrogen (secondary N) is 1. The molecule has 0 aromatic heterocycles. The van der Waals surface area contributed by atoms with Crippen LogP contribution >= 0.6 is 15.9 Å². The van der Waals surface area contributed by atoms with E-state index in [1.807, 2.05) is 56.3 Å². The zero-order chi connectivity index (χ0) is 14.7. The maximum atomic E-state index is 11.7. The van der Waals surface area contributed by atoms with Crippen molar-refractivity contribution in [1.29, 1.82) is 0 Å². The van der Waals surface area contributed by atoms with Crippen molar-refractivity contribution in [2.45, 2.75) is 19.9 Å². The van der Waals surface area contributed by atoms with Crippen LogP contribution in [-0.2, 0) is 4.79 Å². The van der Waals surface area contributed by atoms with E-state index in [0.717, 1.165) is 21.3 Å². The SMILES string of the molecule is Cc1ccc(C(Nc2cccc(Br)c2)C(N)=O)cc1C. The molecular weight excluding hydrogens is 316 g/mol. The average Bonchev–Trinajstić information content (AvgIpc) is 2.39. The van der Waals surface area contributed by atoms with Crippen molar-refractivity contribution in [3.8, 4) is 0 Å². The Morgan fingerprint density at radius 1 is 1.15 bits per heavy atom. The molecule has 2 aromatic rings. The minimum atomic E-state index is -0.538. The number of hydrogen-bond donors (Lipinski definition) is 2. The van der Waals surface area contributed by atoms with E-state index in [1.165, 1.54) is 5.56 Å². The van der Waals surface area contributed by atoms with Crippen LogP contribution in [0.4, 0.5) is 5.69 Å². The third-order valence-corrected chi connectivity index (χ3v) is 3.78. The van der Waals surface area contributed by atoms with Crippen molar-refractivity contribution in [2.24, 2.45) is 5.73 Å². The number of aryl methyl sites for hydroxylation is 2. The van der Waals surface area contributed by atoms with Crippen LogP contribution in [0.15, 0.2) is 46.9 Å². The largest absolute Gasteiger partial charge is 0.370 e. The van der Waals surface area contributed by atoms with Crippen molar-refractivity contribution in [2.75, 3.05) is 5.32 Å². The molecule has 0 aliphatic heterocycles. The molecule has 3 nitrogen and oxygen atoms in total. The van der Waals surface area contributed by atoms with Crippen LogP contribution in [0.5, 0.6) is 0 Å². The van der Waals surface area contributed by atoms with Gasteiger partial charge in [0.25, 0.3) is 0 Å². The van der Waals surface area contributed by atoms with E-state index in [0.29, 0.717) is 0 Å². The summed E-state index contributed by atoms with van der Waals surface area (Å²) < 4.78 is 0.950. The molecule has 0 aliphatic rings. The average molecular weight is 333 g/mol. The van der Waals surface area contributed by atoms with Gasteiger partial charge in [-0.3, -0.25) is 4.79 Å². The summed E-state index contributed by atoms with van der Waals surface area (Å²) >= 11 is 3.41. The van der Waals surface area contributed by atoms with Crippen LogP contribution in [0.1, 0.15) is 22.7 Å². The summed E-state index contributed by atoms with van der Waals surface area (Å²) in [4.78, 5) is 11.7. The van der Waals surface area contributed by atoms with E-state index in [9.17, 15) is 4.79 Å². The summed E-state index contributed by atoms with van der Waals surface area (Å²) in [5, 5.41) is 3.18. The fourth-order valence-electron chi connectivity index (χ4n) is 2.01. The first kappa shape index (κ1) is 14.6. The molecule has 0 aliphatic carbocycles. The Kier molecular flexibility index (Phi) is 4.45. The smallest absolute Gasteiger partial charge is 0.244 e. The van der Waals surface area contributed by atoms with E-state index in [1.54, 1.807) is 0 Å². The molecule has 0 bridgehead atoms. The van der Waals surface area contributed by atoms with Crippen LogP contribution in [0.25, 0.3) is 0 Å². The number of rotatable bonds is 4. The van der Waals surface area contributed by atoms with E-state index in [4.69, 9.17) is 5.73 Å². The molecule has 0 radical (unpaired) electrons. The Morgan fingerprint density at radius 2 is 1.90 bits per heavy atom. The lowest BCUT2D eigenvalue weighted by molar-refractivity contribution is -0.118. The van der Waals surface area contributed by atoms with Crippen LogP contribution in [0.2, 0.25) is 0 Å². The zero-order valence-electron chi connectivity index (χ0n) is 11.5. The first-order chi connectivity index (χ1) is 9.47. The molecule has 0 saturated heterocycles. The minimum Gasteiger partial charge on any atom is -0.370 e. The van der Waals surface area contributed by atoms with E-state index in [-0.39, 0.29) is 0 Å². The molecule has 104 valence electrons. The lowest BCUT2D eigenvalue weighted by atomic mass is 10.0. The van der Waals surface area contributed by atoms with Gasteiger partial charge in [-0.25, -0.2) is 0 Å². The molecule has 4 heteroatoms. The second-order valence-electron chi connectivity index (χ2n) is 4.83. The second kappa shape index (κ2) is 6.09. The molecule has 1 amide bonds. The lowest BCUT2D eigenvalue weighted by Gasteiger charge is -2.18. The van der Waals surface area contributed by atoms with Gasteiger partial charge in [-0.15, -0.1) is 0 Å². The monoisotopic (exact) mass is 332 g/mol. The molecule has 0 saturated carbocycles. The Bertz CT molecular complexity index is 640. The number of carbonyl (C=O) groups excluding carboxylic acids is 1. The summed E-state index contributed by atoms with van der Waals surface area (Å²) in [5.41, 5.74) is 9.59. The van der Waals surface area contributed by atoms with Crippen molar-refractivity contribution in [3.63, 3.8) is 0 Å². The van der Waals surface area contributed by atoms with Crippen LogP contribution in [-0.4, -0.2) is 5.91 Å². The molecule has 0 heterocycles. The fourth-order valence-corrected chi connectivity index (χ4v) is 2.41. The molecule has 1 unspecified atom stereocenters. The Labute approximate surface area is 127 Å². The number of hydrogen-bond acceptors (Lipinski definition) is 2. The highest BCUT2D eigenvalue weighted by Crippen LogP contribution is 2.23. The Hall–Kier alpha value is -1.81. The van der Waals surface area contributed by atoms with Gasteiger partial charge < -0.3 is 11.1 Å². The molecule has 0 fully saturated rings. The summed E-state index contributed by atoms with van der Waals surface area (Å²) in [6, 6.07) is 13.1. The van der Waals surface area contributed by atoms with Crippen LogP contribution in [0, 0.1) is 13.8 Å². The number of anilines is 1. The first-order valence-corrected chi connectivity index (χ1v) is 7.15. The van der Waals surface area contributed by atoms with E-state index in [2.05, 4.69) is 21.2 Å². The number of carbonyl (C=O) groups is 1. The summed E-state index contributed by atoms with van der Waals surface area (Å²) in [7, 11) is 0. The number of amides is 1. The minimum absolute atomic E-state index is 0.395. The quantitative estimate of drug-likeness (QED) is 0.896. The molecule has 2 aromatic carbocycles. The van der Waals surface area contributed by atoms with Crippen molar-refractivity contribution < 1.29 is 4.79 Å². The third kappa shape index (κ3) is 3.39. The normalized spacial score (nSPS) is 11.9.